The highest BCUT2D eigenvalue weighted by Crippen LogP contribution is 2.27. The van der Waals surface area contributed by atoms with Crippen molar-refractivity contribution in [2.45, 2.75) is 11.8 Å². The molecule has 2 rings (SSSR count). The molecule has 0 bridgehead atoms. The monoisotopic (exact) mass is 376 g/mol. The van der Waals surface area contributed by atoms with Crippen molar-refractivity contribution in [1.29, 1.82) is 0 Å². The van der Waals surface area contributed by atoms with Gasteiger partial charge in [0.2, 0.25) is 0 Å². The number of pyridine rings is 1. The number of aromatic amines is 1. The first-order chi connectivity index (χ1) is 9.31. The van der Waals surface area contributed by atoms with E-state index in [0.29, 0.717) is 10.2 Å². The predicted octanol–water partition coefficient (Wildman–Crippen LogP) is 2.90. The van der Waals surface area contributed by atoms with Crippen molar-refractivity contribution < 1.29 is 8.42 Å². The topological polar surface area (TPSA) is 79.0 Å². The second-order valence-corrected chi connectivity index (χ2v) is 6.94. The summed E-state index contributed by atoms with van der Waals surface area (Å²) in [5, 5.41) is -0.184. The number of hydrogen-bond donors (Lipinski definition) is 2. The number of halogens is 2. The Labute approximate surface area is 129 Å². The van der Waals surface area contributed by atoms with Gasteiger partial charge in [-0.15, -0.1) is 0 Å². The number of hydrogen-bond acceptors (Lipinski definition) is 3. The fourth-order valence-corrected chi connectivity index (χ4v) is 3.32. The van der Waals surface area contributed by atoms with E-state index in [1.165, 1.54) is 0 Å². The highest BCUT2D eigenvalue weighted by atomic mass is 79.9. The zero-order chi connectivity index (χ0) is 14.9. The largest absolute Gasteiger partial charge is 0.326 e. The van der Waals surface area contributed by atoms with Gasteiger partial charge in [-0.05, 0) is 40.5 Å². The average Bonchev–Trinajstić information content (AvgIpc) is 2.38. The van der Waals surface area contributed by atoms with Crippen molar-refractivity contribution in [3.8, 4) is 0 Å². The number of rotatable bonds is 3. The van der Waals surface area contributed by atoms with Crippen LogP contribution in [-0.4, -0.2) is 13.4 Å². The normalized spacial score (nSPS) is 11.3. The second-order valence-electron chi connectivity index (χ2n) is 4.05. The van der Waals surface area contributed by atoms with Gasteiger partial charge in [-0.1, -0.05) is 23.7 Å². The van der Waals surface area contributed by atoms with Gasteiger partial charge >= 0.3 is 0 Å². The first-order valence-electron chi connectivity index (χ1n) is 5.47. The van der Waals surface area contributed by atoms with Crippen molar-refractivity contribution in [1.82, 2.24) is 4.98 Å². The molecule has 1 aromatic heterocycles. The second kappa shape index (κ2) is 5.59. The van der Waals surface area contributed by atoms with Crippen molar-refractivity contribution in [3.63, 3.8) is 0 Å². The predicted molar refractivity (Wildman–Crippen MR) is 81.8 cm³/mol. The van der Waals surface area contributed by atoms with E-state index in [9.17, 15) is 13.2 Å². The smallest absolute Gasteiger partial charge is 0.266 e. The van der Waals surface area contributed by atoms with E-state index in [1.54, 1.807) is 12.1 Å². The maximum atomic E-state index is 12.2. The van der Waals surface area contributed by atoms with E-state index in [-0.39, 0.29) is 9.92 Å². The average molecular weight is 378 g/mol. The van der Waals surface area contributed by atoms with E-state index in [2.05, 4.69) is 25.6 Å². The molecule has 106 valence electrons. The summed E-state index contributed by atoms with van der Waals surface area (Å²) in [4.78, 5) is 13.3. The minimum absolute atomic E-state index is 0.115. The molecule has 1 aromatic carbocycles. The number of anilines is 1. The standard InChI is InChI=1S/C12H10BrClN2O3S/c1-7-3-2-4-10(11(7)13)16-20(18,19)8-5-9(14)12(17)15-6-8/h2-6,16H,1H3,(H,15,17). The molecule has 2 N–H and O–H groups in total. The molecule has 0 fully saturated rings. The van der Waals surface area contributed by atoms with Gasteiger partial charge in [0.25, 0.3) is 15.6 Å². The molecule has 0 aliphatic rings. The Kier molecular flexibility index (Phi) is 4.22. The van der Waals surface area contributed by atoms with Crippen LogP contribution in [0.4, 0.5) is 5.69 Å². The van der Waals surface area contributed by atoms with E-state index in [0.717, 1.165) is 17.8 Å². The van der Waals surface area contributed by atoms with E-state index >= 15 is 0 Å². The maximum absolute atomic E-state index is 12.2. The number of aromatic nitrogens is 1. The lowest BCUT2D eigenvalue weighted by Crippen LogP contribution is -2.16. The molecular formula is C12H10BrClN2O3S. The van der Waals surface area contributed by atoms with Crippen LogP contribution in [0, 0.1) is 6.92 Å². The summed E-state index contributed by atoms with van der Waals surface area (Å²) < 4.78 is 27.5. The molecular weight excluding hydrogens is 368 g/mol. The van der Waals surface area contributed by atoms with Crippen LogP contribution in [0.25, 0.3) is 0 Å². The summed E-state index contributed by atoms with van der Waals surface area (Å²) in [6.07, 6.45) is 1.10. The molecule has 0 aliphatic heterocycles. The summed E-state index contributed by atoms with van der Waals surface area (Å²) in [6.45, 7) is 1.85. The number of sulfonamides is 1. The van der Waals surface area contributed by atoms with Gasteiger partial charge in [0.15, 0.2) is 0 Å². The van der Waals surface area contributed by atoms with Crippen molar-refractivity contribution in [2.24, 2.45) is 0 Å². The Bertz CT molecular complexity index is 818. The number of H-pyrrole nitrogens is 1. The molecule has 0 saturated carbocycles. The lowest BCUT2D eigenvalue weighted by Gasteiger charge is -2.11. The van der Waals surface area contributed by atoms with E-state index < -0.39 is 15.6 Å². The first kappa shape index (κ1) is 15.1. The first-order valence-corrected chi connectivity index (χ1v) is 8.13. The maximum Gasteiger partial charge on any atom is 0.266 e. The molecule has 8 heteroatoms. The lowest BCUT2D eigenvalue weighted by atomic mass is 10.2. The van der Waals surface area contributed by atoms with Gasteiger partial charge in [-0.25, -0.2) is 8.42 Å². The molecule has 2 aromatic rings. The Morgan fingerprint density at radius 1 is 1.35 bits per heavy atom. The lowest BCUT2D eigenvalue weighted by molar-refractivity contribution is 0.600. The Balaban J connectivity index is 2.43. The highest BCUT2D eigenvalue weighted by molar-refractivity contribution is 9.10. The summed E-state index contributed by atoms with van der Waals surface area (Å²) >= 11 is 8.95. The van der Waals surface area contributed by atoms with Crippen molar-refractivity contribution in [2.75, 3.05) is 4.72 Å². The van der Waals surface area contributed by atoms with Gasteiger partial charge < -0.3 is 4.98 Å². The van der Waals surface area contributed by atoms with Crippen LogP contribution >= 0.6 is 27.5 Å². The van der Waals surface area contributed by atoms with Crippen molar-refractivity contribution >= 4 is 43.2 Å². The van der Waals surface area contributed by atoms with E-state index in [4.69, 9.17) is 11.6 Å². The van der Waals surface area contributed by atoms with Crippen LogP contribution in [0.3, 0.4) is 0 Å². The Hall–Kier alpha value is -1.31. The van der Waals surface area contributed by atoms with Crippen LogP contribution < -0.4 is 10.3 Å². The Morgan fingerprint density at radius 2 is 2.05 bits per heavy atom. The highest BCUT2D eigenvalue weighted by Gasteiger charge is 2.17. The summed E-state index contributed by atoms with van der Waals surface area (Å²) in [5.41, 5.74) is 0.763. The molecule has 0 atom stereocenters. The minimum Gasteiger partial charge on any atom is -0.326 e. The molecule has 0 amide bonds. The third-order valence-corrected chi connectivity index (χ3v) is 5.26. The molecule has 5 nitrogen and oxygen atoms in total. The SMILES string of the molecule is Cc1cccc(NS(=O)(=O)c2c[nH]c(=O)c(Cl)c2)c1Br. The summed E-state index contributed by atoms with van der Waals surface area (Å²) in [5.74, 6) is 0. The molecule has 0 saturated heterocycles. The third-order valence-electron chi connectivity index (χ3n) is 2.58. The Morgan fingerprint density at radius 3 is 2.70 bits per heavy atom. The van der Waals surface area contributed by atoms with Gasteiger partial charge in [-0.2, -0.15) is 0 Å². The molecule has 20 heavy (non-hydrogen) atoms. The van der Waals surface area contributed by atoms with Gasteiger partial charge in [0.1, 0.15) is 9.92 Å². The molecule has 0 unspecified atom stereocenters. The van der Waals surface area contributed by atoms with Crippen LogP contribution in [0.5, 0.6) is 0 Å². The van der Waals surface area contributed by atoms with E-state index in [1.807, 2.05) is 13.0 Å². The van der Waals surface area contributed by atoms with Gasteiger partial charge in [0.05, 0.1) is 5.69 Å². The zero-order valence-electron chi connectivity index (χ0n) is 10.3. The van der Waals surface area contributed by atoms with Crippen LogP contribution in [-0.2, 0) is 10.0 Å². The third kappa shape index (κ3) is 3.05. The zero-order valence-corrected chi connectivity index (χ0v) is 13.4. The molecule has 0 aliphatic carbocycles. The summed E-state index contributed by atoms with van der Waals surface area (Å²) in [6, 6.07) is 6.31. The number of aryl methyl sites for hydroxylation is 1. The quantitative estimate of drug-likeness (QED) is 0.863. The van der Waals surface area contributed by atoms with Crippen molar-refractivity contribution in [3.05, 3.63) is 55.9 Å². The van der Waals surface area contributed by atoms with Gasteiger partial charge in [-0.3, -0.25) is 9.52 Å². The van der Waals surface area contributed by atoms with Crippen LogP contribution in [0.15, 0.2) is 44.6 Å². The molecule has 1 heterocycles. The fourth-order valence-electron chi connectivity index (χ4n) is 1.52. The number of benzene rings is 1. The fraction of sp³-hybridized carbons (Fsp3) is 0.0833. The molecule has 0 radical (unpaired) electrons. The molecule has 0 spiro atoms. The van der Waals surface area contributed by atoms with Crippen LogP contribution in [0.2, 0.25) is 5.02 Å². The summed E-state index contributed by atoms with van der Waals surface area (Å²) in [7, 11) is -3.83. The number of nitrogens with one attached hydrogen (secondary N) is 2. The van der Waals surface area contributed by atoms with Gasteiger partial charge in [0, 0.05) is 10.7 Å². The van der Waals surface area contributed by atoms with Crippen LogP contribution in [0.1, 0.15) is 5.56 Å². The minimum atomic E-state index is -3.83.